The molecular weight excluding hydrogens is 162 g/mol. The molecule has 0 aromatic rings. The average Bonchev–Trinajstić information content (AvgIpc) is 2.15. The first kappa shape index (κ1) is 11.0. The quantitative estimate of drug-likeness (QED) is 0.665. The molecule has 1 rings (SSSR count). The first-order valence-corrected chi connectivity index (χ1v) is 5.56. The van der Waals surface area contributed by atoms with Crippen LogP contribution in [0.4, 0.5) is 0 Å². The summed E-state index contributed by atoms with van der Waals surface area (Å²) in [6.07, 6.45) is 3.02. The summed E-state index contributed by atoms with van der Waals surface area (Å²) < 4.78 is 5.72. The van der Waals surface area contributed by atoms with E-state index in [1.54, 1.807) is 0 Å². The third-order valence-corrected chi connectivity index (χ3v) is 2.74. The van der Waals surface area contributed by atoms with Crippen LogP contribution in [0.1, 0.15) is 33.6 Å². The molecule has 0 unspecified atom stereocenters. The summed E-state index contributed by atoms with van der Waals surface area (Å²) in [5, 5.41) is 0. The highest BCUT2D eigenvalue weighted by Gasteiger charge is 2.18. The molecule has 0 spiro atoms. The molecule has 1 saturated heterocycles. The Hall–Kier alpha value is -0.0800. The van der Waals surface area contributed by atoms with E-state index in [2.05, 4.69) is 25.7 Å². The van der Waals surface area contributed by atoms with E-state index < -0.39 is 0 Å². The Balaban J connectivity index is 2.18. The second kappa shape index (κ2) is 5.61. The van der Waals surface area contributed by atoms with E-state index in [1.807, 2.05) is 0 Å². The number of ether oxygens (including phenoxy) is 1. The molecule has 13 heavy (non-hydrogen) atoms. The van der Waals surface area contributed by atoms with Crippen LogP contribution in [0.25, 0.3) is 0 Å². The maximum absolute atomic E-state index is 5.72. The van der Waals surface area contributed by atoms with Gasteiger partial charge in [-0.25, -0.2) is 0 Å². The second-order valence-electron chi connectivity index (χ2n) is 4.36. The lowest BCUT2D eigenvalue weighted by atomic mass is 10.0. The minimum absolute atomic E-state index is 0.496. The van der Waals surface area contributed by atoms with Crippen molar-refractivity contribution in [3.05, 3.63) is 0 Å². The molecular formula is C11H23NO. The maximum Gasteiger partial charge on any atom is 0.0702 e. The molecule has 0 radical (unpaired) electrons. The second-order valence-corrected chi connectivity index (χ2v) is 4.36. The average molecular weight is 185 g/mol. The van der Waals surface area contributed by atoms with E-state index in [9.17, 15) is 0 Å². The molecule has 78 valence electrons. The van der Waals surface area contributed by atoms with Gasteiger partial charge in [0, 0.05) is 13.1 Å². The summed E-state index contributed by atoms with van der Waals surface area (Å²) in [5.74, 6) is 0.806. The van der Waals surface area contributed by atoms with Gasteiger partial charge >= 0.3 is 0 Å². The van der Waals surface area contributed by atoms with Gasteiger partial charge in [-0.15, -0.1) is 0 Å². The Morgan fingerprint density at radius 1 is 1.46 bits per heavy atom. The molecule has 1 atom stereocenters. The van der Waals surface area contributed by atoms with Crippen molar-refractivity contribution in [1.29, 1.82) is 0 Å². The third kappa shape index (κ3) is 4.10. The lowest BCUT2D eigenvalue weighted by Gasteiger charge is -2.32. The van der Waals surface area contributed by atoms with Crippen LogP contribution in [0.3, 0.4) is 0 Å². The summed E-state index contributed by atoms with van der Waals surface area (Å²) >= 11 is 0. The number of hydrogen-bond acceptors (Lipinski definition) is 2. The zero-order valence-electron chi connectivity index (χ0n) is 9.25. The van der Waals surface area contributed by atoms with Crippen LogP contribution in [0, 0.1) is 5.92 Å². The summed E-state index contributed by atoms with van der Waals surface area (Å²) in [4.78, 5) is 2.48. The predicted octanol–water partition coefficient (Wildman–Crippen LogP) is 2.14. The molecule has 0 amide bonds. The van der Waals surface area contributed by atoms with Crippen molar-refractivity contribution in [3.63, 3.8) is 0 Å². The molecule has 0 bridgehead atoms. The summed E-state index contributed by atoms with van der Waals surface area (Å²) in [6.45, 7) is 11.1. The normalized spacial score (nSPS) is 25.4. The summed E-state index contributed by atoms with van der Waals surface area (Å²) in [7, 11) is 0. The molecule has 0 saturated carbocycles. The van der Waals surface area contributed by atoms with Crippen molar-refractivity contribution in [2.24, 2.45) is 5.92 Å². The van der Waals surface area contributed by atoms with Crippen molar-refractivity contribution >= 4 is 0 Å². The molecule has 1 fully saturated rings. The predicted molar refractivity (Wildman–Crippen MR) is 55.9 cm³/mol. The first-order chi connectivity index (χ1) is 6.22. The Bertz CT molecular complexity index is 136. The van der Waals surface area contributed by atoms with E-state index in [0.717, 1.165) is 25.6 Å². The maximum atomic E-state index is 5.72. The zero-order chi connectivity index (χ0) is 9.68. The van der Waals surface area contributed by atoms with Crippen molar-refractivity contribution in [1.82, 2.24) is 4.90 Å². The summed E-state index contributed by atoms with van der Waals surface area (Å²) in [5.41, 5.74) is 0. The van der Waals surface area contributed by atoms with Crippen LogP contribution >= 0.6 is 0 Å². The zero-order valence-corrected chi connectivity index (χ0v) is 9.25. The molecule has 2 heteroatoms. The van der Waals surface area contributed by atoms with E-state index in [0.29, 0.717) is 6.10 Å². The lowest BCUT2D eigenvalue weighted by Crippen LogP contribution is -2.42. The van der Waals surface area contributed by atoms with Crippen LogP contribution in [0.15, 0.2) is 0 Å². The summed E-state index contributed by atoms with van der Waals surface area (Å²) in [6, 6.07) is 0. The molecule has 0 aromatic carbocycles. The highest BCUT2D eigenvalue weighted by Crippen LogP contribution is 2.13. The van der Waals surface area contributed by atoms with Crippen LogP contribution in [0.5, 0.6) is 0 Å². The van der Waals surface area contributed by atoms with Gasteiger partial charge in [0.25, 0.3) is 0 Å². The molecule has 0 N–H and O–H groups in total. The highest BCUT2D eigenvalue weighted by molar-refractivity contribution is 4.70. The van der Waals surface area contributed by atoms with Crippen molar-refractivity contribution < 1.29 is 4.74 Å². The van der Waals surface area contributed by atoms with Crippen molar-refractivity contribution in [2.75, 3.05) is 26.2 Å². The fourth-order valence-electron chi connectivity index (χ4n) is 1.76. The molecule has 2 nitrogen and oxygen atoms in total. The van der Waals surface area contributed by atoms with Gasteiger partial charge in [-0.1, -0.05) is 20.8 Å². The van der Waals surface area contributed by atoms with E-state index >= 15 is 0 Å². The Morgan fingerprint density at radius 3 is 2.85 bits per heavy atom. The molecule has 0 aromatic heterocycles. The smallest absolute Gasteiger partial charge is 0.0702 e. The van der Waals surface area contributed by atoms with Gasteiger partial charge < -0.3 is 4.74 Å². The molecule has 1 aliphatic heterocycles. The van der Waals surface area contributed by atoms with Crippen LogP contribution in [-0.2, 0) is 4.74 Å². The van der Waals surface area contributed by atoms with Gasteiger partial charge in [0.05, 0.1) is 12.7 Å². The van der Waals surface area contributed by atoms with Gasteiger partial charge in [-0.2, -0.15) is 0 Å². The van der Waals surface area contributed by atoms with Gasteiger partial charge in [-0.3, -0.25) is 4.90 Å². The van der Waals surface area contributed by atoms with Gasteiger partial charge in [0.15, 0.2) is 0 Å². The minimum atomic E-state index is 0.496. The number of nitrogens with zero attached hydrogens (tertiary/aromatic N) is 1. The standard InChI is InChI=1S/C11H23NO/c1-4-12-7-8-13-11(9-12)6-5-10(2)3/h10-11H,4-9H2,1-3H3/t11-/m0/s1. The Kier molecular flexibility index (Phi) is 4.74. The number of likely N-dealkylation sites (N-methyl/N-ethyl adjacent to an activating group) is 1. The highest BCUT2D eigenvalue weighted by atomic mass is 16.5. The van der Waals surface area contributed by atoms with Crippen molar-refractivity contribution in [3.8, 4) is 0 Å². The van der Waals surface area contributed by atoms with E-state index in [1.165, 1.54) is 19.4 Å². The fourth-order valence-corrected chi connectivity index (χ4v) is 1.76. The molecule has 0 aliphatic carbocycles. The first-order valence-electron chi connectivity index (χ1n) is 5.56. The van der Waals surface area contributed by atoms with E-state index in [-0.39, 0.29) is 0 Å². The largest absolute Gasteiger partial charge is 0.376 e. The number of hydrogen-bond donors (Lipinski definition) is 0. The SMILES string of the molecule is CCN1CCO[C@@H](CCC(C)C)C1. The molecule has 1 aliphatic rings. The monoisotopic (exact) mass is 185 g/mol. The number of morpholine rings is 1. The topological polar surface area (TPSA) is 12.5 Å². The van der Waals surface area contributed by atoms with Crippen LogP contribution in [-0.4, -0.2) is 37.2 Å². The van der Waals surface area contributed by atoms with Crippen molar-refractivity contribution in [2.45, 2.75) is 39.7 Å². The lowest BCUT2D eigenvalue weighted by molar-refractivity contribution is -0.0323. The third-order valence-electron chi connectivity index (χ3n) is 2.74. The fraction of sp³-hybridized carbons (Fsp3) is 1.00. The van der Waals surface area contributed by atoms with Gasteiger partial charge in [0.1, 0.15) is 0 Å². The number of rotatable bonds is 4. The van der Waals surface area contributed by atoms with Crippen LogP contribution in [0.2, 0.25) is 0 Å². The minimum Gasteiger partial charge on any atom is -0.376 e. The molecule has 1 heterocycles. The Morgan fingerprint density at radius 2 is 2.23 bits per heavy atom. The van der Waals surface area contributed by atoms with Gasteiger partial charge in [-0.05, 0) is 25.3 Å². The van der Waals surface area contributed by atoms with Gasteiger partial charge in [0.2, 0.25) is 0 Å². The van der Waals surface area contributed by atoms with Crippen LogP contribution < -0.4 is 0 Å². The van der Waals surface area contributed by atoms with E-state index in [4.69, 9.17) is 4.74 Å². The Labute approximate surface area is 82.3 Å².